The van der Waals surface area contributed by atoms with Crippen molar-refractivity contribution in [2.45, 2.75) is 65.5 Å². The van der Waals surface area contributed by atoms with Crippen molar-refractivity contribution in [1.82, 2.24) is 0 Å². The molecule has 1 nitrogen and oxygen atoms in total. The molecule has 0 N–H and O–H groups in total. The minimum atomic E-state index is -4.21. The Morgan fingerprint density at radius 1 is 1.06 bits per heavy atom. The second-order valence-corrected chi connectivity index (χ2v) is 6.50. The molecule has 0 atom stereocenters. The van der Waals surface area contributed by atoms with E-state index in [9.17, 15) is 18.0 Å². The number of ketones is 1. The molecule has 18 heavy (non-hydrogen) atoms. The summed E-state index contributed by atoms with van der Waals surface area (Å²) in [5, 5.41) is 0. The summed E-state index contributed by atoms with van der Waals surface area (Å²) in [7, 11) is 0. The molecular weight excluding hydrogens is 241 g/mol. The average Bonchev–Trinajstić information content (AvgIpc) is 2.24. The van der Waals surface area contributed by atoms with E-state index in [0.717, 1.165) is 25.7 Å². The lowest BCUT2D eigenvalue weighted by molar-refractivity contribution is -0.145. The highest BCUT2D eigenvalue weighted by Crippen LogP contribution is 2.40. The molecule has 0 unspecified atom stereocenters. The van der Waals surface area contributed by atoms with E-state index in [1.807, 2.05) is 0 Å². The summed E-state index contributed by atoms with van der Waals surface area (Å²) in [4.78, 5) is 11.7. The first-order valence-electron chi connectivity index (χ1n) is 6.69. The average molecular weight is 264 g/mol. The molecule has 0 heterocycles. The van der Waals surface area contributed by atoms with Gasteiger partial charge in [-0.3, -0.25) is 4.79 Å². The van der Waals surface area contributed by atoms with Crippen LogP contribution in [0.2, 0.25) is 0 Å². The van der Waals surface area contributed by atoms with Crippen molar-refractivity contribution in [1.29, 1.82) is 0 Å². The second kappa shape index (κ2) is 5.62. The van der Waals surface area contributed by atoms with Gasteiger partial charge in [-0.2, -0.15) is 13.2 Å². The summed E-state index contributed by atoms with van der Waals surface area (Å²) < 4.78 is 36.1. The maximum absolute atomic E-state index is 12.0. The highest BCUT2D eigenvalue weighted by Gasteiger charge is 2.34. The SMILES string of the molecule is CC(C)(C)C1CCC(C(=O)CCC(F)(F)F)CC1. The van der Waals surface area contributed by atoms with Crippen LogP contribution in [0.5, 0.6) is 0 Å². The lowest BCUT2D eigenvalue weighted by Gasteiger charge is -2.36. The smallest absolute Gasteiger partial charge is 0.299 e. The van der Waals surface area contributed by atoms with E-state index in [-0.39, 0.29) is 23.5 Å². The quantitative estimate of drug-likeness (QED) is 0.719. The Labute approximate surface area is 107 Å². The minimum absolute atomic E-state index is 0.133. The number of hydrogen-bond acceptors (Lipinski definition) is 1. The Kier molecular flexibility index (Phi) is 4.84. The Morgan fingerprint density at radius 3 is 1.94 bits per heavy atom. The third-order valence-corrected chi connectivity index (χ3v) is 4.06. The van der Waals surface area contributed by atoms with Gasteiger partial charge in [0.15, 0.2) is 0 Å². The van der Waals surface area contributed by atoms with E-state index >= 15 is 0 Å². The number of Topliss-reactive ketones (excluding diaryl/α,β-unsaturated/α-hetero) is 1. The van der Waals surface area contributed by atoms with Gasteiger partial charge in [0.1, 0.15) is 5.78 Å². The van der Waals surface area contributed by atoms with E-state index in [1.54, 1.807) is 0 Å². The summed E-state index contributed by atoms with van der Waals surface area (Å²) in [6.45, 7) is 6.55. The Morgan fingerprint density at radius 2 is 1.56 bits per heavy atom. The van der Waals surface area contributed by atoms with Crippen molar-refractivity contribution < 1.29 is 18.0 Å². The van der Waals surface area contributed by atoms with Crippen molar-refractivity contribution >= 4 is 5.78 Å². The Balaban J connectivity index is 2.37. The van der Waals surface area contributed by atoms with Crippen LogP contribution in [0.4, 0.5) is 13.2 Å². The first-order valence-corrected chi connectivity index (χ1v) is 6.69. The molecule has 106 valence electrons. The van der Waals surface area contributed by atoms with Gasteiger partial charge in [0.25, 0.3) is 0 Å². The lowest BCUT2D eigenvalue weighted by Crippen LogP contribution is -2.29. The van der Waals surface area contributed by atoms with Crippen LogP contribution in [0, 0.1) is 17.3 Å². The topological polar surface area (TPSA) is 17.1 Å². The van der Waals surface area contributed by atoms with Gasteiger partial charge in [0.2, 0.25) is 0 Å². The zero-order valence-corrected chi connectivity index (χ0v) is 11.4. The molecule has 0 amide bonds. The Hall–Kier alpha value is -0.540. The summed E-state index contributed by atoms with van der Waals surface area (Å²) >= 11 is 0. The van der Waals surface area contributed by atoms with Gasteiger partial charge < -0.3 is 0 Å². The number of halogens is 3. The van der Waals surface area contributed by atoms with Crippen molar-refractivity contribution in [2.75, 3.05) is 0 Å². The molecule has 1 aliphatic carbocycles. The third kappa shape index (κ3) is 4.99. The first kappa shape index (κ1) is 15.5. The zero-order chi connectivity index (χ0) is 14.0. The van der Waals surface area contributed by atoms with Gasteiger partial charge >= 0.3 is 6.18 Å². The molecular formula is C14H23F3O. The van der Waals surface area contributed by atoms with E-state index in [1.165, 1.54) is 0 Å². The monoisotopic (exact) mass is 264 g/mol. The minimum Gasteiger partial charge on any atom is -0.299 e. The number of carbonyl (C=O) groups excluding carboxylic acids is 1. The number of alkyl halides is 3. The van der Waals surface area contributed by atoms with Gasteiger partial charge in [0.05, 0.1) is 6.42 Å². The van der Waals surface area contributed by atoms with Gasteiger partial charge in [-0.05, 0) is 37.0 Å². The van der Waals surface area contributed by atoms with Crippen LogP contribution in [0.1, 0.15) is 59.3 Å². The van der Waals surface area contributed by atoms with Gasteiger partial charge in [-0.15, -0.1) is 0 Å². The molecule has 1 saturated carbocycles. The Bertz CT molecular complexity index is 280. The van der Waals surface area contributed by atoms with Crippen molar-refractivity contribution in [3.8, 4) is 0 Å². The van der Waals surface area contributed by atoms with Crippen molar-refractivity contribution in [3.05, 3.63) is 0 Å². The van der Waals surface area contributed by atoms with Crippen LogP contribution in [-0.4, -0.2) is 12.0 Å². The number of hydrogen-bond donors (Lipinski definition) is 0. The summed E-state index contributed by atoms with van der Waals surface area (Å²) in [6, 6.07) is 0. The molecule has 0 aromatic rings. The van der Waals surface area contributed by atoms with Crippen LogP contribution < -0.4 is 0 Å². The molecule has 0 aliphatic heterocycles. The van der Waals surface area contributed by atoms with Gasteiger partial charge in [-0.1, -0.05) is 20.8 Å². The highest BCUT2D eigenvalue weighted by atomic mass is 19.4. The molecule has 0 radical (unpaired) electrons. The maximum atomic E-state index is 12.0. The maximum Gasteiger partial charge on any atom is 0.389 e. The first-order chi connectivity index (χ1) is 8.09. The zero-order valence-electron chi connectivity index (χ0n) is 11.4. The predicted molar refractivity (Wildman–Crippen MR) is 65.2 cm³/mol. The molecule has 1 rings (SSSR count). The largest absolute Gasteiger partial charge is 0.389 e. The van der Waals surface area contributed by atoms with E-state index in [2.05, 4.69) is 20.8 Å². The lowest BCUT2D eigenvalue weighted by atomic mass is 9.69. The van der Waals surface area contributed by atoms with E-state index < -0.39 is 12.6 Å². The normalized spacial score (nSPS) is 26.1. The highest BCUT2D eigenvalue weighted by molar-refractivity contribution is 5.81. The van der Waals surface area contributed by atoms with Crippen molar-refractivity contribution in [3.63, 3.8) is 0 Å². The third-order valence-electron chi connectivity index (χ3n) is 4.06. The molecule has 1 fully saturated rings. The summed E-state index contributed by atoms with van der Waals surface area (Å²) in [5.74, 6) is 0.259. The predicted octanol–water partition coefficient (Wildman–Crippen LogP) is 4.75. The van der Waals surface area contributed by atoms with Crippen LogP contribution >= 0.6 is 0 Å². The van der Waals surface area contributed by atoms with E-state index in [4.69, 9.17) is 0 Å². The molecule has 0 saturated heterocycles. The standard InChI is InChI=1S/C14H23F3O/c1-13(2,3)11-6-4-10(5-7-11)12(18)8-9-14(15,16)17/h10-11H,4-9H2,1-3H3. The van der Waals surface area contributed by atoms with Crippen LogP contribution in [0.3, 0.4) is 0 Å². The molecule has 4 heteroatoms. The summed E-state index contributed by atoms with van der Waals surface area (Å²) in [6.07, 6.45) is -2.06. The van der Waals surface area contributed by atoms with Crippen LogP contribution in [-0.2, 0) is 4.79 Å². The second-order valence-electron chi connectivity index (χ2n) is 6.50. The molecule has 0 aromatic heterocycles. The summed E-state index contributed by atoms with van der Waals surface area (Å²) in [5.41, 5.74) is 0.236. The van der Waals surface area contributed by atoms with Crippen LogP contribution in [0.25, 0.3) is 0 Å². The molecule has 0 aromatic carbocycles. The van der Waals surface area contributed by atoms with Gasteiger partial charge in [0, 0.05) is 12.3 Å². The molecule has 0 spiro atoms. The number of rotatable bonds is 3. The van der Waals surface area contributed by atoms with Gasteiger partial charge in [-0.25, -0.2) is 0 Å². The molecule has 1 aliphatic rings. The van der Waals surface area contributed by atoms with Crippen LogP contribution in [0.15, 0.2) is 0 Å². The fourth-order valence-electron chi connectivity index (χ4n) is 2.75. The van der Waals surface area contributed by atoms with Crippen molar-refractivity contribution in [2.24, 2.45) is 17.3 Å². The fraction of sp³-hybridized carbons (Fsp3) is 0.929. The van der Waals surface area contributed by atoms with E-state index in [0.29, 0.717) is 5.92 Å². The fourth-order valence-corrected chi connectivity index (χ4v) is 2.75. The number of carbonyl (C=O) groups is 1. The molecule has 0 bridgehead atoms.